The van der Waals surface area contributed by atoms with Crippen LogP contribution in [0.4, 0.5) is 0 Å². The van der Waals surface area contributed by atoms with Crippen LogP contribution in [-0.2, 0) is 9.53 Å². The SMILES string of the molecule is CNC(=O)CSCCCOC(C)C. The van der Waals surface area contributed by atoms with E-state index in [9.17, 15) is 4.79 Å². The Bertz CT molecular complexity index is 140. The van der Waals surface area contributed by atoms with Crippen LogP contribution in [0, 0.1) is 0 Å². The van der Waals surface area contributed by atoms with Gasteiger partial charge < -0.3 is 10.1 Å². The second-order valence-electron chi connectivity index (χ2n) is 3.00. The lowest BCUT2D eigenvalue weighted by Crippen LogP contribution is -2.20. The van der Waals surface area contributed by atoms with Gasteiger partial charge >= 0.3 is 0 Å². The number of thioether (sulfide) groups is 1. The van der Waals surface area contributed by atoms with Crippen LogP contribution in [0.3, 0.4) is 0 Å². The summed E-state index contributed by atoms with van der Waals surface area (Å²) in [5, 5.41) is 2.58. The van der Waals surface area contributed by atoms with Crippen LogP contribution in [0.25, 0.3) is 0 Å². The summed E-state index contributed by atoms with van der Waals surface area (Å²) in [5.41, 5.74) is 0. The number of carbonyl (C=O) groups excluding carboxylic acids is 1. The van der Waals surface area contributed by atoms with Gasteiger partial charge in [0.1, 0.15) is 0 Å². The number of hydrogen-bond donors (Lipinski definition) is 1. The van der Waals surface area contributed by atoms with E-state index in [2.05, 4.69) is 5.32 Å². The van der Waals surface area contributed by atoms with E-state index in [1.54, 1.807) is 18.8 Å². The predicted molar refractivity (Wildman–Crippen MR) is 57.1 cm³/mol. The lowest BCUT2D eigenvalue weighted by atomic mass is 10.4. The minimum Gasteiger partial charge on any atom is -0.379 e. The standard InChI is InChI=1S/C9H19NO2S/c1-8(2)12-5-4-6-13-7-9(11)10-3/h8H,4-7H2,1-3H3,(H,10,11). The quantitative estimate of drug-likeness (QED) is 0.636. The van der Waals surface area contributed by atoms with Crippen molar-refractivity contribution in [2.24, 2.45) is 0 Å². The highest BCUT2D eigenvalue weighted by Gasteiger charge is 1.97. The van der Waals surface area contributed by atoms with Crippen molar-refractivity contribution in [3.05, 3.63) is 0 Å². The predicted octanol–water partition coefficient (Wildman–Crippen LogP) is 1.28. The molecule has 0 fully saturated rings. The molecule has 0 saturated heterocycles. The summed E-state index contributed by atoms with van der Waals surface area (Å²) in [6.45, 7) is 4.84. The van der Waals surface area contributed by atoms with E-state index in [1.807, 2.05) is 13.8 Å². The molecule has 0 aliphatic heterocycles. The van der Waals surface area contributed by atoms with Crippen molar-refractivity contribution in [3.8, 4) is 0 Å². The first-order chi connectivity index (χ1) is 6.16. The number of hydrogen-bond acceptors (Lipinski definition) is 3. The number of nitrogens with one attached hydrogen (secondary N) is 1. The molecule has 4 heteroatoms. The van der Waals surface area contributed by atoms with E-state index < -0.39 is 0 Å². The van der Waals surface area contributed by atoms with E-state index in [0.29, 0.717) is 11.9 Å². The van der Waals surface area contributed by atoms with Crippen LogP contribution < -0.4 is 5.32 Å². The minimum absolute atomic E-state index is 0.0924. The molecule has 0 aromatic heterocycles. The van der Waals surface area contributed by atoms with Crippen LogP contribution in [0.1, 0.15) is 20.3 Å². The van der Waals surface area contributed by atoms with Crippen LogP contribution in [0.2, 0.25) is 0 Å². The van der Waals surface area contributed by atoms with Gasteiger partial charge in [0.15, 0.2) is 0 Å². The summed E-state index contributed by atoms with van der Waals surface area (Å²) >= 11 is 1.65. The molecule has 0 radical (unpaired) electrons. The van der Waals surface area contributed by atoms with E-state index in [4.69, 9.17) is 4.74 Å². The Labute approximate surface area is 84.6 Å². The van der Waals surface area contributed by atoms with Gasteiger partial charge in [-0.3, -0.25) is 4.79 Å². The van der Waals surface area contributed by atoms with E-state index >= 15 is 0 Å². The molecule has 0 aromatic rings. The fourth-order valence-corrected chi connectivity index (χ4v) is 1.51. The van der Waals surface area contributed by atoms with Gasteiger partial charge in [-0.25, -0.2) is 0 Å². The third kappa shape index (κ3) is 9.70. The van der Waals surface area contributed by atoms with E-state index in [-0.39, 0.29) is 5.91 Å². The molecule has 0 aliphatic carbocycles. The molecule has 0 heterocycles. The zero-order valence-corrected chi connectivity index (χ0v) is 9.45. The summed E-state index contributed by atoms with van der Waals surface area (Å²) in [4.78, 5) is 10.8. The molecule has 0 spiro atoms. The molecular formula is C9H19NO2S. The molecule has 0 rings (SSSR count). The van der Waals surface area contributed by atoms with Gasteiger partial charge in [-0.05, 0) is 26.0 Å². The van der Waals surface area contributed by atoms with Crippen molar-refractivity contribution in [1.82, 2.24) is 5.32 Å². The lowest BCUT2D eigenvalue weighted by molar-refractivity contribution is -0.118. The topological polar surface area (TPSA) is 38.3 Å². The van der Waals surface area contributed by atoms with Gasteiger partial charge in [0.2, 0.25) is 5.91 Å². The Morgan fingerprint density at radius 1 is 1.54 bits per heavy atom. The summed E-state index contributed by atoms with van der Waals surface area (Å²) in [6, 6.07) is 0. The fraction of sp³-hybridized carbons (Fsp3) is 0.889. The Hall–Kier alpha value is -0.220. The fourth-order valence-electron chi connectivity index (χ4n) is 0.717. The average molecular weight is 205 g/mol. The molecule has 0 atom stereocenters. The van der Waals surface area contributed by atoms with Crippen LogP contribution >= 0.6 is 11.8 Å². The van der Waals surface area contributed by atoms with Crippen molar-refractivity contribution in [2.75, 3.05) is 25.2 Å². The Balaban J connectivity index is 3.04. The highest BCUT2D eigenvalue weighted by Crippen LogP contribution is 2.02. The first kappa shape index (κ1) is 12.8. The first-order valence-corrected chi connectivity index (χ1v) is 5.72. The second-order valence-corrected chi connectivity index (χ2v) is 4.10. The maximum atomic E-state index is 10.8. The zero-order chi connectivity index (χ0) is 10.1. The number of ether oxygens (including phenoxy) is 1. The van der Waals surface area contributed by atoms with Crippen LogP contribution in [0.5, 0.6) is 0 Å². The second kappa shape index (κ2) is 8.38. The molecule has 0 saturated carbocycles. The molecular weight excluding hydrogens is 186 g/mol. The lowest BCUT2D eigenvalue weighted by Gasteiger charge is -2.06. The van der Waals surface area contributed by atoms with E-state index in [1.165, 1.54) is 0 Å². The van der Waals surface area contributed by atoms with Gasteiger partial charge in [-0.15, -0.1) is 0 Å². The first-order valence-electron chi connectivity index (χ1n) is 4.56. The molecule has 3 nitrogen and oxygen atoms in total. The molecule has 1 amide bonds. The number of carbonyl (C=O) groups is 1. The molecule has 0 unspecified atom stereocenters. The van der Waals surface area contributed by atoms with Gasteiger partial charge in [-0.1, -0.05) is 0 Å². The van der Waals surface area contributed by atoms with Crippen molar-refractivity contribution >= 4 is 17.7 Å². The highest BCUT2D eigenvalue weighted by molar-refractivity contribution is 7.99. The summed E-state index contributed by atoms with van der Waals surface area (Å²) in [6.07, 6.45) is 1.32. The zero-order valence-electron chi connectivity index (χ0n) is 8.63. The number of rotatable bonds is 7. The Kier molecular flexibility index (Phi) is 8.24. The number of amides is 1. The monoisotopic (exact) mass is 205 g/mol. The van der Waals surface area contributed by atoms with Gasteiger partial charge in [0.25, 0.3) is 0 Å². The molecule has 0 bridgehead atoms. The molecule has 13 heavy (non-hydrogen) atoms. The minimum atomic E-state index is 0.0924. The van der Waals surface area contributed by atoms with Crippen molar-refractivity contribution in [1.29, 1.82) is 0 Å². The smallest absolute Gasteiger partial charge is 0.229 e. The van der Waals surface area contributed by atoms with Crippen molar-refractivity contribution in [2.45, 2.75) is 26.4 Å². The van der Waals surface area contributed by atoms with Crippen molar-refractivity contribution in [3.63, 3.8) is 0 Å². The van der Waals surface area contributed by atoms with Gasteiger partial charge in [0.05, 0.1) is 11.9 Å². The third-order valence-electron chi connectivity index (χ3n) is 1.40. The van der Waals surface area contributed by atoms with Crippen LogP contribution in [-0.4, -0.2) is 37.2 Å². The Morgan fingerprint density at radius 3 is 2.77 bits per heavy atom. The molecule has 78 valence electrons. The summed E-state index contributed by atoms with van der Waals surface area (Å²) < 4.78 is 5.36. The average Bonchev–Trinajstić information content (AvgIpc) is 2.10. The maximum Gasteiger partial charge on any atom is 0.229 e. The van der Waals surface area contributed by atoms with Crippen molar-refractivity contribution < 1.29 is 9.53 Å². The normalized spacial score (nSPS) is 10.5. The Morgan fingerprint density at radius 2 is 2.23 bits per heavy atom. The third-order valence-corrected chi connectivity index (χ3v) is 2.44. The molecule has 1 N–H and O–H groups in total. The molecule has 0 aliphatic rings. The van der Waals surface area contributed by atoms with E-state index in [0.717, 1.165) is 18.8 Å². The van der Waals surface area contributed by atoms with Gasteiger partial charge in [-0.2, -0.15) is 11.8 Å². The van der Waals surface area contributed by atoms with Crippen LogP contribution in [0.15, 0.2) is 0 Å². The largest absolute Gasteiger partial charge is 0.379 e. The highest BCUT2D eigenvalue weighted by atomic mass is 32.2. The molecule has 0 aromatic carbocycles. The maximum absolute atomic E-state index is 10.8. The van der Waals surface area contributed by atoms with Gasteiger partial charge in [0, 0.05) is 13.7 Å². The summed E-state index contributed by atoms with van der Waals surface area (Å²) in [5.74, 6) is 1.63. The summed E-state index contributed by atoms with van der Waals surface area (Å²) in [7, 11) is 1.66.